The lowest BCUT2D eigenvalue weighted by Crippen LogP contribution is -2.18. The van der Waals surface area contributed by atoms with E-state index in [1.54, 1.807) is 0 Å². The zero-order valence-corrected chi connectivity index (χ0v) is 12.9. The van der Waals surface area contributed by atoms with Gasteiger partial charge in [-0.15, -0.1) is 0 Å². The Morgan fingerprint density at radius 1 is 1.13 bits per heavy atom. The number of amides is 1. The standard InChI is InChI=1S/C14H15F3N4O2/c1-7-18-8(5-10(19-7)14(15,16)17)12(22)20-11-6-9(21-23-11)13(2,3)4/h5-6H,1-4H3,(H,20,22). The van der Waals surface area contributed by atoms with Gasteiger partial charge in [-0.3, -0.25) is 10.1 Å². The van der Waals surface area contributed by atoms with Gasteiger partial charge in [0.25, 0.3) is 5.91 Å². The fourth-order valence-electron chi connectivity index (χ4n) is 1.69. The SMILES string of the molecule is Cc1nc(C(=O)Nc2cc(C(C)(C)C)no2)cc(C(F)(F)F)n1. The fraction of sp³-hybridized carbons (Fsp3) is 0.429. The number of rotatable bonds is 2. The van der Waals surface area contributed by atoms with Crippen molar-refractivity contribution in [3.8, 4) is 0 Å². The van der Waals surface area contributed by atoms with Crippen molar-refractivity contribution >= 4 is 11.8 Å². The number of aryl methyl sites for hydroxylation is 1. The van der Waals surface area contributed by atoms with Crippen LogP contribution in [0.4, 0.5) is 19.1 Å². The number of anilines is 1. The van der Waals surface area contributed by atoms with Crippen molar-refractivity contribution in [2.75, 3.05) is 5.32 Å². The molecule has 0 aliphatic heterocycles. The number of aromatic nitrogens is 3. The van der Waals surface area contributed by atoms with Gasteiger partial charge in [0.2, 0.25) is 5.88 Å². The van der Waals surface area contributed by atoms with Crippen molar-refractivity contribution in [3.05, 3.63) is 35.0 Å². The second-order valence-electron chi connectivity index (χ2n) is 5.96. The van der Waals surface area contributed by atoms with Crippen LogP contribution in [-0.4, -0.2) is 21.0 Å². The van der Waals surface area contributed by atoms with Crippen LogP contribution in [0.5, 0.6) is 0 Å². The topological polar surface area (TPSA) is 80.9 Å². The quantitative estimate of drug-likeness (QED) is 0.914. The highest BCUT2D eigenvalue weighted by Gasteiger charge is 2.34. The Morgan fingerprint density at radius 3 is 2.30 bits per heavy atom. The van der Waals surface area contributed by atoms with Crippen LogP contribution in [0, 0.1) is 6.92 Å². The summed E-state index contributed by atoms with van der Waals surface area (Å²) in [5.41, 5.74) is -1.27. The maximum Gasteiger partial charge on any atom is 0.433 e. The first-order valence-corrected chi connectivity index (χ1v) is 6.68. The Kier molecular flexibility index (Phi) is 4.14. The molecule has 23 heavy (non-hydrogen) atoms. The zero-order valence-electron chi connectivity index (χ0n) is 12.9. The Hall–Kier alpha value is -2.45. The predicted molar refractivity (Wildman–Crippen MR) is 74.9 cm³/mol. The van der Waals surface area contributed by atoms with Crippen LogP contribution in [0.3, 0.4) is 0 Å². The van der Waals surface area contributed by atoms with Gasteiger partial charge in [-0.25, -0.2) is 9.97 Å². The lowest BCUT2D eigenvalue weighted by Gasteiger charge is -2.12. The predicted octanol–water partition coefficient (Wildman–Crippen LogP) is 3.34. The number of nitrogens with zero attached hydrogens (tertiary/aromatic N) is 3. The highest BCUT2D eigenvalue weighted by atomic mass is 19.4. The number of hydrogen-bond donors (Lipinski definition) is 1. The molecule has 1 N–H and O–H groups in total. The molecule has 0 saturated heterocycles. The molecule has 9 heteroatoms. The van der Waals surface area contributed by atoms with Crippen molar-refractivity contribution in [2.45, 2.75) is 39.3 Å². The van der Waals surface area contributed by atoms with Crippen LogP contribution in [0.2, 0.25) is 0 Å². The molecule has 0 fully saturated rings. The molecular weight excluding hydrogens is 313 g/mol. The van der Waals surface area contributed by atoms with E-state index < -0.39 is 23.5 Å². The summed E-state index contributed by atoms with van der Waals surface area (Å²) in [5, 5.41) is 6.14. The summed E-state index contributed by atoms with van der Waals surface area (Å²) >= 11 is 0. The van der Waals surface area contributed by atoms with Gasteiger partial charge in [-0.2, -0.15) is 13.2 Å². The molecule has 2 heterocycles. The van der Waals surface area contributed by atoms with E-state index in [0.29, 0.717) is 11.8 Å². The number of nitrogens with one attached hydrogen (secondary N) is 1. The number of alkyl halides is 3. The summed E-state index contributed by atoms with van der Waals surface area (Å²) < 4.78 is 43.1. The zero-order chi connectivity index (χ0) is 17.4. The van der Waals surface area contributed by atoms with Gasteiger partial charge in [0.15, 0.2) is 0 Å². The first kappa shape index (κ1) is 16.9. The molecule has 0 bridgehead atoms. The molecule has 0 spiro atoms. The molecule has 6 nitrogen and oxygen atoms in total. The van der Waals surface area contributed by atoms with Gasteiger partial charge in [0, 0.05) is 17.5 Å². The highest BCUT2D eigenvalue weighted by Crippen LogP contribution is 2.28. The number of carbonyl (C=O) groups excluding carboxylic acids is 1. The average molecular weight is 328 g/mol. The van der Waals surface area contributed by atoms with E-state index in [9.17, 15) is 18.0 Å². The van der Waals surface area contributed by atoms with Crippen molar-refractivity contribution in [2.24, 2.45) is 0 Å². The molecule has 0 saturated carbocycles. The molecule has 2 aromatic rings. The summed E-state index contributed by atoms with van der Waals surface area (Å²) in [6.07, 6.45) is -4.66. The molecule has 0 aliphatic rings. The Balaban J connectivity index is 2.24. The Bertz CT molecular complexity index is 732. The maximum atomic E-state index is 12.7. The normalized spacial score (nSPS) is 12.3. The minimum atomic E-state index is -4.66. The minimum Gasteiger partial charge on any atom is -0.338 e. The number of halogens is 3. The molecule has 1 amide bonds. The lowest BCUT2D eigenvalue weighted by molar-refractivity contribution is -0.141. The van der Waals surface area contributed by atoms with E-state index in [1.807, 2.05) is 20.8 Å². The molecule has 0 aliphatic carbocycles. The van der Waals surface area contributed by atoms with Crippen LogP contribution in [-0.2, 0) is 11.6 Å². The van der Waals surface area contributed by atoms with Crippen LogP contribution in [0.25, 0.3) is 0 Å². The summed E-state index contributed by atoms with van der Waals surface area (Å²) in [6.45, 7) is 6.98. The van der Waals surface area contributed by atoms with Gasteiger partial charge < -0.3 is 4.52 Å². The number of carbonyl (C=O) groups is 1. The van der Waals surface area contributed by atoms with Crippen molar-refractivity contribution < 1.29 is 22.5 Å². The smallest absolute Gasteiger partial charge is 0.338 e. The van der Waals surface area contributed by atoms with Crippen molar-refractivity contribution in [1.29, 1.82) is 0 Å². The first-order chi connectivity index (χ1) is 10.5. The monoisotopic (exact) mass is 328 g/mol. The molecular formula is C14H15F3N4O2. The number of hydrogen-bond acceptors (Lipinski definition) is 5. The van der Waals surface area contributed by atoms with E-state index in [1.165, 1.54) is 13.0 Å². The molecule has 124 valence electrons. The van der Waals surface area contributed by atoms with E-state index in [0.717, 1.165) is 0 Å². The minimum absolute atomic E-state index is 0.0322. The molecule has 0 unspecified atom stereocenters. The molecule has 0 radical (unpaired) electrons. The van der Waals surface area contributed by atoms with E-state index in [-0.39, 0.29) is 17.1 Å². The summed E-state index contributed by atoms with van der Waals surface area (Å²) in [7, 11) is 0. The summed E-state index contributed by atoms with van der Waals surface area (Å²) in [5.74, 6) is -0.958. The third-order valence-electron chi connectivity index (χ3n) is 2.88. The second kappa shape index (κ2) is 5.64. The van der Waals surface area contributed by atoms with Crippen LogP contribution in [0.15, 0.2) is 16.7 Å². The van der Waals surface area contributed by atoms with Gasteiger partial charge in [0.1, 0.15) is 17.2 Å². The van der Waals surface area contributed by atoms with Gasteiger partial charge >= 0.3 is 6.18 Å². The third-order valence-corrected chi connectivity index (χ3v) is 2.88. The average Bonchev–Trinajstić information content (AvgIpc) is 2.85. The van der Waals surface area contributed by atoms with Crippen LogP contribution >= 0.6 is 0 Å². The van der Waals surface area contributed by atoms with Crippen molar-refractivity contribution in [3.63, 3.8) is 0 Å². The van der Waals surface area contributed by atoms with E-state index >= 15 is 0 Å². The van der Waals surface area contributed by atoms with Crippen molar-refractivity contribution in [1.82, 2.24) is 15.1 Å². The van der Waals surface area contributed by atoms with Gasteiger partial charge in [-0.05, 0) is 6.92 Å². The lowest BCUT2D eigenvalue weighted by atomic mass is 9.92. The largest absolute Gasteiger partial charge is 0.433 e. The fourth-order valence-corrected chi connectivity index (χ4v) is 1.69. The maximum absolute atomic E-state index is 12.7. The van der Waals surface area contributed by atoms with Crippen LogP contribution in [0.1, 0.15) is 48.5 Å². The van der Waals surface area contributed by atoms with E-state index in [4.69, 9.17) is 4.52 Å². The summed E-state index contributed by atoms with van der Waals surface area (Å²) in [4.78, 5) is 19.0. The highest BCUT2D eigenvalue weighted by molar-refractivity contribution is 6.02. The van der Waals surface area contributed by atoms with Crippen LogP contribution < -0.4 is 5.32 Å². The second-order valence-corrected chi connectivity index (χ2v) is 5.96. The Labute approximate surface area is 130 Å². The van der Waals surface area contributed by atoms with Gasteiger partial charge in [-0.1, -0.05) is 25.9 Å². The van der Waals surface area contributed by atoms with E-state index in [2.05, 4.69) is 20.4 Å². The Morgan fingerprint density at radius 2 is 1.78 bits per heavy atom. The molecule has 0 aromatic carbocycles. The third kappa shape index (κ3) is 4.05. The molecule has 2 aromatic heterocycles. The molecule has 0 atom stereocenters. The van der Waals surface area contributed by atoms with Gasteiger partial charge in [0.05, 0.1) is 5.69 Å². The molecule has 2 rings (SSSR count). The first-order valence-electron chi connectivity index (χ1n) is 6.68. The summed E-state index contributed by atoms with van der Waals surface area (Å²) in [6, 6.07) is 2.10.